The maximum absolute atomic E-state index is 14.0. The molecular formula is C62H63Cl2F7N8O4. The van der Waals surface area contributed by atoms with Crippen LogP contribution in [0.2, 0.25) is 10.0 Å². The van der Waals surface area contributed by atoms with E-state index in [-0.39, 0.29) is 30.0 Å². The monoisotopic (exact) mass is 1190 g/mol. The highest BCUT2D eigenvalue weighted by Crippen LogP contribution is 2.39. The number of pyridine rings is 2. The van der Waals surface area contributed by atoms with E-state index in [1.165, 1.54) is 42.4 Å². The van der Waals surface area contributed by atoms with E-state index in [4.69, 9.17) is 27.9 Å². The van der Waals surface area contributed by atoms with E-state index >= 15 is 0 Å². The van der Waals surface area contributed by atoms with Crippen LogP contribution in [0.25, 0.3) is 32.7 Å². The average Bonchev–Trinajstić information content (AvgIpc) is 2.70. The second-order valence-electron chi connectivity index (χ2n) is 21.9. The molecule has 4 aromatic carbocycles. The van der Waals surface area contributed by atoms with E-state index in [2.05, 4.69) is 54.0 Å². The summed E-state index contributed by atoms with van der Waals surface area (Å²) in [5.74, 6) is -0.297. The summed E-state index contributed by atoms with van der Waals surface area (Å²) >= 11 is 12.4. The molecule has 0 spiro atoms. The fourth-order valence-corrected chi connectivity index (χ4v) is 12.1. The molecule has 12 nitrogen and oxygen atoms in total. The van der Waals surface area contributed by atoms with Gasteiger partial charge in [0.25, 0.3) is 0 Å². The van der Waals surface area contributed by atoms with Gasteiger partial charge in [-0.1, -0.05) is 40.9 Å². The van der Waals surface area contributed by atoms with Crippen molar-refractivity contribution in [3.05, 3.63) is 193 Å². The molecule has 0 saturated carbocycles. The molecule has 12 rings (SSSR count). The highest BCUT2D eigenvalue weighted by atomic mass is 35.5. The molecule has 3 N–H and O–H groups in total. The van der Waals surface area contributed by atoms with Gasteiger partial charge in [-0.15, -0.1) is 0 Å². The number of alkyl halides is 6. The number of likely N-dealkylation sites (N-methyl/N-ethyl adjacent to an activating group) is 3. The van der Waals surface area contributed by atoms with Crippen molar-refractivity contribution < 1.29 is 50.8 Å². The molecule has 0 saturated heterocycles. The number of aromatic nitrogens is 5. The lowest BCUT2D eigenvalue weighted by Crippen LogP contribution is -2.27. The lowest BCUT2D eigenvalue weighted by Gasteiger charge is -2.25. The van der Waals surface area contributed by atoms with Crippen molar-refractivity contribution in [3.8, 4) is 5.75 Å². The topological polar surface area (TPSA) is 120 Å². The largest absolute Gasteiger partial charge is 0.494 e. The van der Waals surface area contributed by atoms with Gasteiger partial charge in [0.05, 0.1) is 56.2 Å². The highest BCUT2D eigenvalue weighted by molar-refractivity contribution is 6.31. The number of aryl methyl sites for hydroxylation is 1. The second kappa shape index (κ2) is 24.2. The van der Waals surface area contributed by atoms with Crippen LogP contribution in [-0.4, -0.2) is 102 Å². The molecule has 3 aliphatic heterocycles. The minimum Gasteiger partial charge on any atom is -0.494 e. The molecule has 3 aliphatic rings. The zero-order chi connectivity index (χ0) is 59.2. The Kier molecular flexibility index (Phi) is 17.4. The maximum atomic E-state index is 14.0. The molecular weight excluding hydrogens is 1120 g/mol. The maximum Gasteiger partial charge on any atom is 0.417 e. The van der Waals surface area contributed by atoms with Crippen LogP contribution in [0.4, 0.5) is 30.7 Å². The number of methoxy groups -OCH3 is 1. The van der Waals surface area contributed by atoms with Crippen molar-refractivity contribution in [3.63, 3.8) is 0 Å². The number of hydrogen-bond donors (Lipinski definition) is 3. The van der Waals surface area contributed by atoms with Gasteiger partial charge in [-0.25, -0.2) is 4.39 Å². The number of rotatable bonds is 10. The standard InChI is InChI=1S/C21H22ClFN2O2.C21H22F3N3O.C20H19ClF3N3O/c1-24-8-7-19-16(11-24)15-10-14(22)4-5-18(15)25(19)12-20(26)13-3-6-21(27-2)17(23)9-13;1-13-3-4-18-16(7-13)17-11-26(2)6-5-19(17)27(18)12-20(28)14-8-15(10-25-9-14)21(22,23)24;1-26-5-4-18-16(10-26)15-7-14(21)2-3-17(15)27(18)11-19(28)12-6-13(9-25-8-12)20(22,23)24/h3-6,9-10,20,26H,7-8,11-12H2,1-2H3;3-4,7-10,20,28H,5-6,11-12H2,1-2H3;2-3,6-9,19,28H,4-5,10-11H2,1H3. The van der Waals surface area contributed by atoms with Gasteiger partial charge in [0.2, 0.25) is 0 Å². The molecule has 9 aromatic rings. The first-order valence-corrected chi connectivity index (χ1v) is 27.9. The zero-order valence-electron chi connectivity index (χ0n) is 46.3. The summed E-state index contributed by atoms with van der Waals surface area (Å²) in [6.45, 7) is 7.94. The molecule has 438 valence electrons. The highest BCUT2D eigenvalue weighted by Gasteiger charge is 2.34. The third kappa shape index (κ3) is 12.8. The second-order valence-corrected chi connectivity index (χ2v) is 22.7. The van der Waals surface area contributed by atoms with Crippen LogP contribution in [0.5, 0.6) is 5.75 Å². The molecule has 0 aliphatic carbocycles. The van der Waals surface area contributed by atoms with Crippen molar-refractivity contribution in [1.29, 1.82) is 0 Å². The van der Waals surface area contributed by atoms with Crippen LogP contribution in [0, 0.1) is 12.7 Å². The lowest BCUT2D eigenvalue weighted by molar-refractivity contribution is -0.138. The molecule has 21 heteroatoms. The van der Waals surface area contributed by atoms with Gasteiger partial charge in [0.15, 0.2) is 11.6 Å². The van der Waals surface area contributed by atoms with Crippen molar-refractivity contribution in [2.24, 2.45) is 0 Å². The van der Waals surface area contributed by atoms with Crippen LogP contribution in [0.1, 0.15) is 85.5 Å². The van der Waals surface area contributed by atoms with E-state index in [1.54, 1.807) is 18.2 Å². The number of aliphatic hydroxyl groups is 3. The van der Waals surface area contributed by atoms with E-state index in [1.807, 2.05) is 61.0 Å². The Hall–Kier alpha value is -6.55. The number of ether oxygens (including phenoxy) is 1. The minimum absolute atomic E-state index is 0.146. The van der Waals surface area contributed by atoms with Crippen LogP contribution in [0.15, 0.2) is 110 Å². The summed E-state index contributed by atoms with van der Waals surface area (Å²) in [6.07, 6.45) is -5.31. The first-order chi connectivity index (χ1) is 39.4. The van der Waals surface area contributed by atoms with Crippen molar-refractivity contribution in [2.45, 2.75) is 96.1 Å². The first-order valence-electron chi connectivity index (χ1n) is 27.1. The average molecular weight is 1190 g/mol. The van der Waals surface area contributed by atoms with Gasteiger partial charge in [0, 0.05) is 154 Å². The van der Waals surface area contributed by atoms with Gasteiger partial charge in [-0.2, -0.15) is 26.3 Å². The summed E-state index contributed by atoms with van der Waals surface area (Å²) < 4.78 is 103. The Morgan fingerprint density at radius 3 is 1.29 bits per heavy atom. The van der Waals surface area contributed by atoms with Gasteiger partial charge in [-0.05, 0) is 123 Å². The third-order valence-electron chi connectivity index (χ3n) is 16.0. The molecule has 0 fully saturated rings. The van der Waals surface area contributed by atoms with Gasteiger partial charge in [-0.3, -0.25) is 9.97 Å². The predicted molar refractivity (Wildman–Crippen MR) is 307 cm³/mol. The van der Waals surface area contributed by atoms with E-state index in [0.717, 1.165) is 138 Å². The van der Waals surface area contributed by atoms with Crippen LogP contribution in [0.3, 0.4) is 0 Å². The molecule has 5 aromatic heterocycles. The SMILES string of the molecule is CN1CCc2c(c3cc(Cl)ccc3n2CC(O)c2cncc(C(F)(F)F)c2)C1.COc1ccc(C(O)Cn2c3c(c4cc(Cl)ccc42)CN(C)CC3)cc1F.Cc1ccc2c(c1)c1c(n2CC(O)c2cncc(C(F)(F)F)c2)CCN(C)C1. The molecule has 8 heterocycles. The number of benzene rings is 4. The molecule has 0 amide bonds. The number of hydrogen-bond acceptors (Lipinski definition) is 9. The van der Waals surface area contributed by atoms with Crippen molar-refractivity contribution in [2.75, 3.05) is 47.9 Å². The predicted octanol–water partition coefficient (Wildman–Crippen LogP) is 12.7. The molecule has 3 unspecified atom stereocenters. The summed E-state index contributed by atoms with van der Waals surface area (Å²) in [6, 6.07) is 24.2. The number of aliphatic hydroxyl groups excluding tert-OH is 3. The molecule has 0 radical (unpaired) electrons. The Bertz CT molecular complexity index is 3680. The molecule has 0 bridgehead atoms. The Balaban J connectivity index is 0.000000139. The molecule has 3 atom stereocenters. The summed E-state index contributed by atoms with van der Waals surface area (Å²) in [5.41, 5.74) is 10.4. The number of nitrogens with zero attached hydrogens (tertiary/aromatic N) is 8. The summed E-state index contributed by atoms with van der Waals surface area (Å²) in [4.78, 5) is 14.1. The van der Waals surface area contributed by atoms with E-state index in [0.29, 0.717) is 22.2 Å². The Labute approximate surface area is 485 Å². The molecule has 83 heavy (non-hydrogen) atoms. The number of halogens is 9. The van der Waals surface area contributed by atoms with Gasteiger partial charge in [0.1, 0.15) is 0 Å². The van der Waals surface area contributed by atoms with Crippen LogP contribution >= 0.6 is 23.2 Å². The summed E-state index contributed by atoms with van der Waals surface area (Å²) in [5, 5.41) is 36.8. The number of fused-ring (bicyclic) bond motifs is 9. The third-order valence-corrected chi connectivity index (χ3v) is 16.5. The smallest absolute Gasteiger partial charge is 0.417 e. The van der Waals surface area contributed by atoms with Crippen LogP contribution in [-0.2, 0) is 70.9 Å². The van der Waals surface area contributed by atoms with E-state index in [9.17, 15) is 46.1 Å². The van der Waals surface area contributed by atoms with Gasteiger partial charge < -0.3 is 48.5 Å². The Morgan fingerprint density at radius 1 is 0.518 bits per heavy atom. The van der Waals surface area contributed by atoms with Crippen molar-refractivity contribution >= 4 is 55.9 Å². The summed E-state index contributed by atoms with van der Waals surface area (Å²) in [7, 11) is 7.64. The fourth-order valence-electron chi connectivity index (χ4n) is 11.8. The van der Waals surface area contributed by atoms with Gasteiger partial charge >= 0.3 is 12.4 Å². The van der Waals surface area contributed by atoms with E-state index < -0.39 is 47.6 Å². The zero-order valence-corrected chi connectivity index (χ0v) is 47.9. The lowest BCUT2D eigenvalue weighted by atomic mass is 10.0. The fraction of sp³-hybridized carbons (Fsp3) is 0.355. The van der Waals surface area contributed by atoms with Crippen LogP contribution < -0.4 is 4.74 Å². The van der Waals surface area contributed by atoms with Crippen molar-refractivity contribution in [1.82, 2.24) is 38.4 Å². The Morgan fingerprint density at radius 2 is 0.904 bits per heavy atom. The quantitative estimate of drug-likeness (QED) is 0.115. The minimum atomic E-state index is -4.50. The normalized spacial score (nSPS) is 16.2. The first kappa shape index (κ1) is 59.6.